The van der Waals surface area contributed by atoms with Gasteiger partial charge in [0.2, 0.25) is 6.29 Å². The molecule has 0 spiro atoms. The number of carboxylic acids is 1. The molecule has 6 N–H and O–H groups in total. The molecule has 18 heteroatoms. The number of likely N-dealkylation sites (tertiary alicyclic amines) is 1. The highest BCUT2D eigenvalue weighted by atomic mass is 16.7. The number of anilines is 1. The van der Waals surface area contributed by atoms with E-state index in [2.05, 4.69) is 4.90 Å². The molecule has 0 bridgehead atoms. The third-order valence-electron chi connectivity index (χ3n) is 10.6. The Morgan fingerprint density at radius 1 is 0.860 bits per heavy atom. The van der Waals surface area contributed by atoms with Gasteiger partial charge in [-0.3, -0.25) is 4.90 Å². The van der Waals surface area contributed by atoms with Gasteiger partial charge < -0.3 is 69.1 Å². The minimum absolute atomic E-state index is 0.00464. The third-order valence-corrected chi connectivity index (χ3v) is 10.6. The maximum Gasteiger partial charge on any atom is 0.409 e. The predicted molar refractivity (Wildman–Crippen MR) is 203 cm³/mol. The molecule has 0 radical (unpaired) electrons. The minimum atomic E-state index is -1.86. The number of nitrogens with two attached hydrogens (primary N) is 1. The Bertz CT molecular complexity index is 1670. The lowest BCUT2D eigenvalue weighted by Gasteiger charge is -2.38. The summed E-state index contributed by atoms with van der Waals surface area (Å²) in [5.74, 6) is -0.152. The fraction of sp³-hybridized carbons (Fsp3) is 0.615. The van der Waals surface area contributed by atoms with E-state index in [4.69, 9.17) is 38.9 Å². The van der Waals surface area contributed by atoms with Gasteiger partial charge in [0.25, 0.3) is 0 Å². The number of ether oxygens (including phenoxy) is 7. The number of nitrogen functional groups attached to an aromatic ring is 1. The number of carbonyl (C=O) groups excluding carboxylic acids is 2. The van der Waals surface area contributed by atoms with Gasteiger partial charge in [0.1, 0.15) is 36.8 Å². The van der Waals surface area contributed by atoms with Crippen LogP contribution in [0.25, 0.3) is 0 Å². The van der Waals surface area contributed by atoms with Gasteiger partial charge in [-0.2, -0.15) is 0 Å². The Morgan fingerprint density at radius 2 is 1.54 bits per heavy atom. The number of hydrogen-bond acceptors (Lipinski definition) is 15. The summed E-state index contributed by atoms with van der Waals surface area (Å²) < 4.78 is 39.1. The van der Waals surface area contributed by atoms with Crippen LogP contribution in [0.15, 0.2) is 36.4 Å². The van der Waals surface area contributed by atoms with E-state index in [-0.39, 0.29) is 49.4 Å². The van der Waals surface area contributed by atoms with E-state index >= 15 is 0 Å². The lowest BCUT2D eigenvalue weighted by molar-refractivity contribution is -0.271. The Hall–Kier alpha value is -4.59. The molecule has 2 saturated heterocycles. The second kappa shape index (κ2) is 20.2. The first-order valence-corrected chi connectivity index (χ1v) is 19.1. The zero-order valence-electron chi connectivity index (χ0n) is 32.9. The van der Waals surface area contributed by atoms with Gasteiger partial charge in [-0.1, -0.05) is 25.0 Å². The summed E-state index contributed by atoms with van der Waals surface area (Å²) in [6, 6.07) is 10.6. The van der Waals surface area contributed by atoms with E-state index in [9.17, 15) is 34.8 Å². The molecule has 5 unspecified atom stereocenters. The van der Waals surface area contributed by atoms with Gasteiger partial charge >= 0.3 is 18.2 Å². The predicted octanol–water partition coefficient (Wildman–Crippen LogP) is 1.84. The summed E-state index contributed by atoms with van der Waals surface area (Å²) in [4.78, 5) is 42.2. The van der Waals surface area contributed by atoms with Crippen molar-refractivity contribution in [1.29, 1.82) is 0 Å². The molecule has 2 amide bonds. The standard InChI is InChI=1S/C39H56N4O14/c1-41(38(49)54-22-24-10-11-28(26(40)19-24)56-37-34(46)32(44)33(45)35(57-37)36(47)48)16-17-42(2)39(50)55-25-13-15-43(21-25)27-7-5-6-8-29(27)53-18-14-23-9-12-30(51-3)31(20-23)52-4/h9-12,19-20,25,27,29,32-35,37,44-46H,5-8,13-18,21-22,40H2,1-4H3,(H,47,48)/t25-,27-,29+,32?,33?,34?,35?,37?/m1/s1. The molecule has 2 aliphatic heterocycles. The van der Waals surface area contributed by atoms with Crippen LogP contribution in [0.1, 0.15) is 43.2 Å². The van der Waals surface area contributed by atoms with Gasteiger partial charge in [-0.05, 0) is 61.1 Å². The van der Waals surface area contributed by atoms with Crippen LogP contribution in [0.5, 0.6) is 17.2 Å². The molecule has 5 rings (SSSR count). The number of hydrogen-bond donors (Lipinski definition) is 5. The van der Waals surface area contributed by atoms with Crippen molar-refractivity contribution in [2.75, 3.05) is 66.8 Å². The van der Waals surface area contributed by atoms with Crippen molar-refractivity contribution in [3.8, 4) is 17.2 Å². The number of aliphatic carboxylic acids is 1. The summed E-state index contributed by atoms with van der Waals surface area (Å²) in [5, 5.41) is 39.4. The Labute approximate surface area is 331 Å². The van der Waals surface area contributed by atoms with Crippen LogP contribution >= 0.6 is 0 Å². The maximum atomic E-state index is 13.0. The molecule has 8 atom stereocenters. The molecular weight excluding hydrogens is 748 g/mol. The number of aliphatic hydroxyl groups excluding tert-OH is 3. The molecule has 18 nitrogen and oxygen atoms in total. The Balaban J connectivity index is 1.01. The number of amides is 2. The van der Waals surface area contributed by atoms with Crippen molar-refractivity contribution in [3.05, 3.63) is 47.5 Å². The van der Waals surface area contributed by atoms with Gasteiger partial charge in [0.15, 0.2) is 17.6 Å². The van der Waals surface area contributed by atoms with Gasteiger partial charge in [0, 0.05) is 46.3 Å². The number of carbonyl (C=O) groups is 3. The van der Waals surface area contributed by atoms with Crippen molar-refractivity contribution in [3.63, 3.8) is 0 Å². The van der Waals surface area contributed by atoms with E-state index in [1.807, 2.05) is 18.2 Å². The average Bonchev–Trinajstić information content (AvgIpc) is 3.67. The van der Waals surface area contributed by atoms with E-state index in [0.29, 0.717) is 30.2 Å². The highest BCUT2D eigenvalue weighted by molar-refractivity contribution is 5.73. The number of aliphatic hydroxyl groups is 3. The number of likely N-dealkylation sites (N-methyl/N-ethyl adjacent to an activating group) is 2. The summed E-state index contributed by atoms with van der Waals surface area (Å²) in [6.07, 6.45) is -4.39. The topological polar surface area (TPSA) is 232 Å². The first-order valence-electron chi connectivity index (χ1n) is 19.1. The van der Waals surface area contributed by atoms with E-state index in [0.717, 1.165) is 50.6 Å². The fourth-order valence-corrected chi connectivity index (χ4v) is 7.24. The monoisotopic (exact) mass is 804 g/mol. The normalized spacial score (nSPS) is 26.3. The molecule has 316 valence electrons. The van der Waals surface area contributed by atoms with E-state index in [1.54, 1.807) is 28.3 Å². The second-order valence-electron chi connectivity index (χ2n) is 14.6. The molecule has 3 aliphatic rings. The van der Waals surface area contributed by atoms with Crippen molar-refractivity contribution in [2.45, 2.75) is 94.1 Å². The number of benzene rings is 2. The van der Waals surface area contributed by atoms with Crippen LogP contribution in [-0.4, -0.2) is 163 Å². The van der Waals surface area contributed by atoms with Crippen molar-refractivity contribution < 1.29 is 68.0 Å². The molecule has 2 heterocycles. The first-order chi connectivity index (χ1) is 27.3. The van der Waals surface area contributed by atoms with Gasteiger partial charge in [0.05, 0.1) is 32.6 Å². The van der Waals surface area contributed by atoms with Gasteiger partial charge in [-0.25, -0.2) is 14.4 Å². The number of methoxy groups -OCH3 is 2. The van der Waals surface area contributed by atoms with Crippen molar-refractivity contribution in [2.24, 2.45) is 0 Å². The smallest absolute Gasteiger partial charge is 0.409 e. The highest BCUT2D eigenvalue weighted by Crippen LogP contribution is 2.32. The molecular formula is C39H56N4O14. The molecule has 3 fully saturated rings. The van der Waals surface area contributed by atoms with Gasteiger partial charge in [-0.15, -0.1) is 0 Å². The molecule has 1 saturated carbocycles. The van der Waals surface area contributed by atoms with Crippen LogP contribution in [0.3, 0.4) is 0 Å². The number of carboxylic acid groups (broad SMARTS) is 1. The van der Waals surface area contributed by atoms with Crippen LogP contribution in [0.2, 0.25) is 0 Å². The van der Waals surface area contributed by atoms with Crippen molar-refractivity contribution in [1.82, 2.24) is 14.7 Å². The molecule has 2 aromatic carbocycles. The van der Waals surface area contributed by atoms with E-state index in [1.165, 1.54) is 28.0 Å². The van der Waals surface area contributed by atoms with Crippen LogP contribution in [-0.2, 0) is 36.8 Å². The first kappa shape index (κ1) is 43.5. The van der Waals surface area contributed by atoms with Crippen LogP contribution in [0.4, 0.5) is 15.3 Å². The second-order valence-corrected chi connectivity index (χ2v) is 14.6. The zero-order valence-corrected chi connectivity index (χ0v) is 32.9. The Kier molecular flexibility index (Phi) is 15.4. The highest BCUT2D eigenvalue weighted by Gasteiger charge is 2.48. The quantitative estimate of drug-likeness (QED) is 0.152. The minimum Gasteiger partial charge on any atom is -0.493 e. The van der Waals surface area contributed by atoms with E-state index < -0.39 is 48.9 Å². The lowest BCUT2D eigenvalue weighted by atomic mass is 9.91. The average molecular weight is 805 g/mol. The summed E-state index contributed by atoms with van der Waals surface area (Å²) in [7, 11) is 6.40. The SMILES string of the molecule is COc1ccc(CCO[C@H]2CCCC[C@H]2N2CC[C@@H](OC(=O)N(C)CCN(C)C(=O)OCc3ccc(OC4OC(C(=O)O)C(O)C(O)C4O)c(N)c3)C2)cc1OC. The molecule has 2 aromatic rings. The summed E-state index contributed by atoms with van der Waals surface area (Å²) in [5.41, 5.74) is 7.74. The Morgan fingerprint density at radius 3 is 2.25 bits per heavy atom. The zero-order chi connectivity index (χ0) is 41.2. The van der Waals surface area contributed by atoms with Crippen LogP contribution in [0, 0.1) is 0 Å². The van der Waals surface area contributed by atoms with Crippen LogP contribution < -0.4 is 19.9 Å². The molecule has 57 heavy (non-hydrogen) atoms. The summed E-state index contributed by atoms with van der Waals surface area (Å²) >= 11 is 0. The maximum absolute atomic E-state index is 13.0. The fourth-order valence-electron chi connectivity index (χ4n) is 7.24. The van der Waals surface area contributed by atoms with Crippen molar-refractivity contribution >= 4 is 23.8 Å². The largest absolute Gasteiger partial charge is 0.493 e. The molecule has 1 aliphatic carbocycles. The number of rotatable bonds is 16. The molecule has 0 aromatic heterocycles. The lowest BCUT2D eigenvalue weighted by Crippen LogP contribution is -2.61. The number of nitrogens with zero attached hydrogens (tertiary/aromatic N) is 3. The summed E-state index contributed by atoms with van der Waals surface area (Å²) in [6.45, 7) is 2.29. The third kappa shape index (κ3) is 11.3.